The maximum Gasteiger partial charge on any atom is 0.284 e. The Morgan fingerprint density at radius 3 is 2.60 bits per heavy atom. The van der Waals surface area contributed by atoms with Gasteiger partial charge in [0.25, 0.3) is 5.91 Å². The number of amides is 1. The van der Waals surface area contributed by atoms with E-state index in [1.807, 2.05) is 0 Å². The molecular weight excluding hydrogens is 125 g/mol. The summed E-state index contributed by atoms with van der Waals surface area (Å²) in [6.07, 6.45) is 3.19. The van der Waals surface area contributed by atoms with Crippen LogP contribution in [0.4, 0.5) is 0 Å². The molecule has 0 spiro atoms. The monoisotopic (exact) mass is 132 g/mol. The third-order valence-electron chi connectivity index (χ3n) is 1.04. The topological polar surface area (TPSA) is 60.9 Å². The van der Waals surface area contributed by atoms with Crippen LogP contribution in [0, 0.1) is 0 Å². The summed E-state index contributed by atoms with van der Waals surface area (Å²) in [5, 5.41) is 0. The first kappa shape index (κ1) is 9.28. The molecule has 1 aromatic rings. The minimum Gasteiger partial charge on any atom is -0.363 e. The van der Waals surface area contributed by atoms with E-state index in [1.54, 1.807) is 17.8 Å². The zero-order valence-corrected chi connectivity index (χ0v) is 6.03. The van der Waals surface area contributed by atoms with Crippen LogP contribution in [0.1, 0.15) is 10.6 Å². The molecule has 0 aliphatic heterocycles. The molecule has 1 rings (SSSR count). The number of hydrogen-bond donors (Lipinski definition) is 1. The molecule has 0 saturated heterocycles. The summed E-state index contributed by atoms with van der Waals surface area (Å²) in [5.74, 6) is -0.211. The predicted molar refractivity (Wildman–Crippen MR) is 37.5 cm³/mol. The van der Waals surface area contributed by atoms with Crippen molar-refractivity contribution in [3.05, 3.63) is 18.2 Å². The van der Waals surface area contributed by atoms with E-state index in [-0.39, 0.29) is 24.7 Å². The van der Waals surface area contributed by atoms with Crippen LogP contribution in [0.3, 0.4) is 0 Å². The minimum atomic E-state index is -0.498. The SMILES string of the molecule is Cn1ccnc1C(N)=O.[Li]. The predicted octanol–water partition coefficient (Wildman–Crippen LogP) is -0.862. The Kier molecular flexibility index (Phi) is 3.20. The zero-order valence-electron chi connectivity index (χ0n) is 6.03. The maximum absolute atomic E-state index is 10.4. The van der Waals surface area contributed by atoms with Crippen LogP contribution in [-0.4, -0.2) is 34.3 Å². The molecule has 1 heterocycles. The molecule has 0 aromatic carbocycles. The minimum absolute atomic E-state index is 0. The molecule has 0 bridgehead atoms. The van der Waals surface area contributed by atoms with Crippen molar-refractivity contribution in [3.8, 4) is 0 Å². The average Bonchev–Trinajstić information content (AvgIpc) is 2.13. The van der Waals surface area contributed by atoms with E-state index in [0.717, 1.165) is 0 Å². The number of nitrogens with two attached hydrogens (primary N) is 1. The number of carbonyl (C=O) groups excluding carboxylic acids is 1. The van der Waals surface area contributed by atoms with Crippen molar-refractivity contribution in [2.24, 2.45) is 12.8 Å². The van der Waals surface area contributed by atoms with E-state index in [0.29, 0.717) is 0 Å². The van der Waals surface area contributed by atoms with Crippen LogP contribution in [-0.2, 0) is 7.05 Å². The van der Waals surface area contributed by atoms with Crippen LogP contribution in [0.5, 0.6) is 0 Å². The van der Waals surface area contributed by atoms with Gasteiger partial charge in [-0.25, -0.2) is 4.98 Å². The van der Waals surface area contributed by atoms with Crippen molar-refractivity contribution in [3.63, 3.8) is 0 Å². The molecule has 0 unspecified atom stereocenters. The van der Waals surface area contributed by atoms with Gasteiger partial charge in [-0.1, -0.05) is 0 Å². The summed E-state index contributed by atoms with van der Waals surface area (Å²) < 4.78 is 1.57. The van der Waals surface area contributed by atoms with Crippen LogP contribution in [0.2, 0.25) is 0 Å². The number of aromatic nitrogens is 2. The summed E-state index contributed by atoms with van der Waals surface area (Å²) in [6.45, 7) is 0. The van der Waals surface area contributed by atoms with Gasteiger partial charge in [0.15, 0.2) is 5.82 Å². The second-order valence-corrected chi connectivity index (χ2v) is 1.73. The number of hydrogen-bond acceptors (Lipinski definition) is 2. The molecular formula is C5H7LiN3O. The van der Waals surface area contributed by atoms with Crippen LogP contribution < -0.4 is 5.73 Å². The average molecular weight is 132 g/mol. The summed E-state index contributed by atoms with van der Waals surface area (Å²) >= 11 is 0. The van der Waals surface area contributed by atoms with E-state index in [4.69, 9.17) is 5.73 Å². The molecule has 4 nitrogen and oxygen atoms in total. The zero-order chi connectivity index (χ0) is 6.85. The third kappa shape index (κ3) is 1.63. The van der Waals surface area contributed by atoms with Gasteiger partial charge in [-0.15, -0.1) is 0 Å². The number of aryl methyl sites for hydroxylation is 1. The van der Waals surface area contributed by atoms with Crippen molar-refractivity contribution in [2.75, 3.05) is 0 Å². The molecule has 0 atom stereocenters. The first-order valence-corrected chi connectivity index (χ1v) is 2.49. The van der Waals surface area contributed by atoms with Crippen molar-refractivity contribution >= 4 is 24.8 Å². The van der Waals surface area contributed by atoms with E-state index in [1.165, 1.54) is 6.20 Å². The van der Waals surface area contributed by atoms with Crippen molar-refractivity contribution in [2.45, 2.75) is 0 Å². The summed E-state index contributed by atoms with van der Waals surface area (Å²) in [5.41, 5.74) is 4.94. The van der Waals surface area contributed by atoms with Gasteiger partial charge in [-0.2, -0.15) is 0 Å². The van der Waals surface area contributed by atoms with Gasteiger partial charge in [-0.05, 0) is 0 Å². The molecule has 5 heteroatoms. The van der Waals surface area contributed by atoms with Gasteiger partial charge in [0.05, 0.1) is 0 Å². The number of primary amides is 1. The molecule has 1 radical (unpaired) electrons. The first-order valence-electron chi connectivity index (χ1n) is 2.49. The number of nitrogens with zero attached hydrogens (tertiary/aromatic N) is 2. The second-order valence-electron chi connectivity index (χ2n) is 1.73. The van der Waals surface area contributed by atoms with E-state index < -0.39 is 5.91 Å². The molecule has 0 fully saturated rings. The molecule has 1 aromatic heterocycles. The van der Waals surface area contributed by atoms with Gasteiger partial charge in [0.1, 0.15) is 0 Å². The van der Waals surface area contributed by atoms with E-state index in [9.17, 15) is 4.79 Å². The van der Waals surface area contributed by atoms with Gasteiger partial charge in [-0.3, -0.25) is 4.79 Å². The van der Waals surface area contributed by atoms with Crippen molar-refractivity contribution in [1.82, 2.24) is 9.55 Å². The normalized spacial score (nSPS) is 8.50. The Labute approximate surface area is 70.6 Å². The summed E-state index contributed by atoms with van der Waals surface area (Å²) in [4.78, 5) is 14.1. The Morgan fingerprint density at radius 1 is 1.80 bits per heavy atom. The Hall–Kier alpha value is -0.723. The number of rotatable bonds is 1. The summed E-state index contributed by atoms with van der Waals surface area (Å²) in [7, 11) is 1.72. The van der Waals surface area contributed by atoms with Crippen LogP contribution in [0.25, 0.3) is 0 Å². The smallest absolute Gasteiger partial charge is 0.284 e. The Morgan fingerprint density at radius 2 is 2.40 bits per heavy atom. The fourth-order valence-corrected chi connectivity index (χ4v) is 0.603. The quantitative estimate of drug-likeness (QED) is 0.505. The summed E-state index contributed by atoms with van der Waals surface area (Å²) in [6, 6.07) is 0. The maximum atomic E-state index is 10.4. The molecule has 49 valence electrons. The van der Waals surface area contributed by atoms with E-state index >= 15 is 0 Å². The largest absolute Gasteiger partial charge is 0.363 e. The van der Waals surface area contributed by atoms with Gasteiger partial charge in [0, 0.05) is 38.3 Å². The van der Waals surface area contributed by atoms with Crippen LogP contribution >= 0.6 is 0 Å². The van der Waals surface area contributed by atoms with Gasteiger partial charge >= 0.3 is 0 Å². The fraction of sp³-hybridized carbons (Fsp3) is 0.200. The third-order valence-corrected chi connectivity index (χ3v) is 1.04. The fourth-order valence-electron chi connectivity index (χ4n) is 0.603. The van der Waals surface area contributed by atoms with E-state index in [2.05, 4.69) is 4.98 Å². The molecule has 1 amide bonds. The second kappa shape index (κ2) is 3.45. The molecule has 0 aliphatic rings. The molecule has 0 saturated carbocycles. The number of imidazole rings is 1. The van der Waals surface area contributed by atoms with Crippen LogP contribution in [0.15, 0.2) is 12.4 Å². The standard InChI is InChI=1S/C5H7N3O.Li/c1-8-3-2-7-5(8)4(6)9;/h2-3H,1H3,(H2,6,9);. The van der Waals surface area contributed by atoms with Crippen molar-refractivity contribution in [1.29, 1.82) is 0 Å². The molecule has 2 N–H and O–H groups in total. The van der Waals surface area contributed by atoms with Crippen molar-refractivity contribution < 1.29 is 4.79 Å². The first-order chi connectivity index (χ1) is 4.22. The molecule has 0 aliphatic carbocycles. The number of carbonyl (C=O) groups is 1. The van der Waals surface area contributed by atoms with Gasteiger partial charge < -0.3 is 10.3 Å². The Balaban J connectivity index is 0.000000810. The molecule has 10 heavy (non-hydrogen) atoms. The Bertz CT molecular complexity index is 233. The van der Waals surface area contributed by atoms with Gasteiger partial charge in [0.2, 0.25) is 0 Å².